The van der Waals surface area contributed by atoms with E-state index in [1.165, 1.54) is 26.4 Å². The van der Waals surface area contributed by atoms with Crippen LogP contribution in [0.5, 0.6) is 0 Å². The Kier molecular flexibility index (Phi) is 6.82. The third kappa shape index (κ3) is 4.81. The standard InChI is InChI=1S/C17H24N4O2.HI/c1-23-16(22)14-8-7-13(21-15(14)12-5-6-12)10-20-17(18)19-9-11-3-2-4-11;/h7-8,11-12H,2-6,9-10H2,1H3,(H3,18,19,20);1H. The van der Waals surface area contributed by atoms with Gasteiger partial charge in [-0.3, -0.25) is 4.98 Å². The van der Waals surface area contributed by atoms with Crippen LogP contribution >= 0.6 is 24.0 Å². The molecule has 3 N–H and O–H groups in total. The molecule has 0 aliphatic heterocycles. The number of aliphatic imine (C=N–C) groups is 1. The molecule has 3 rings (SSSR count). The second-order valence-electron chi connectivity index (χ2n) is 6.38. The monoisotopic (exact) mass is 444 g/mol. The van der Waals surface area contributed by atoms with Gasteiger partial charge < -0.3 is 15.8 Å². The lowest BCUT2D eigenvalue weighted by Crippen LogP contribution is -2.37. The summed E-state index contributed by atoms with van der Waals surface area (Å²) in [6, 6.07) is 3.61. The van der Waals surface area contributed by atoms with Crippen LogP contribution in [0.1, 0.15) is 59.8 Å². The van der Waals surface area contributed by atoms with Crippen LogP contribution in [-0.4, -0.2) is 30.6 Å². The van der Waals surface area contributed by atoms with E-state index in [1.807, 2.05) is 6.07 Å². The number of nitrogens with one attached hydrogen (secondary N) is 1. The summed E-state index contributed by atoms with van der Waals surface area (Å²) in [4.78, 5) is 20.8. The summed E-state index contributed by atoms with van der Waals surface area (Å²) in [5.41, 5.74) is 8.13. The van der Waals surface area contributed by atoms with Gasteiger partial charge in [0.15, 0.2) is 5.96 Å². The van der Waals surface area contributed by atoms with Crippen molar-refractivity contribution in [3.05, 3.63) is 29.1 Å². The molecular weight excluding hydrogens is 419 g/mol. The highest BCUT2D eigenvalue weighted by atomic mass is 127. The van der Waals surface area contributed by atoms with Crippen molar-refractivity contribution >= 4 is 35.9 Å². The van der Waals surface area contributed by atoms with Crippen molar-refractivity contribution in [2.75, 3.05) is 13.7 Å². The summed E-state index contributed by atoms with van der Waals surface area (Å²) in [6.07, 6.45) is 6.04. The first-order valence-corrected chi connectivity index (χ1v) is 8.29. The first-order chi connectivity index (χ1) is 11.2. The third-order valence-electron chi connectivity index (χ3n) is 4.56. The number of ether oxygens (including phenoxy) is 1. The minimum atomic E-state index is -0.323. The van der Waals surface area contributed by atoms with E-state index < -0.39 is 0 Å². The van der Waals surface area contributed by atoms with E-state index in [-0.39, 0.29) is 29.9 Å². The SMILES string of the molecule is COC(=O)c1ccc(CN=C(N)NCC2CCC2)nc1C1CC1.I. The number of hydrogen-bond acceptors (Lipinski definition) is 4. The number of hydrogen-bond donors (Lipinski definition) is 2. The van der Waals surface area contributed by atoms with E-state index in [1.54, 1.807) is 6.07 Å². The summed E-state index contributed by atoms with van der Waals surface area (Å²) in [6.45, 7) is 1.32. The van der Waals surface area contributed by atoms with Crippen molar-refractivity contribution < 1.29 is 9.53 Å². The van der Waals surface area contributed by atoms with Crippen LogP contribution in [0.4, 0.5) is 0 Å². The molecule has 0 bridgehead atoms. The molecule has 6 nitrogen and oxygen atoms in total. The second kappa shape index (κ2) is 8.64. The van der Waals surface area contributed by atoms with Crippen LogP contribution in [0.25, 0.3) is 0 Å². The summed E-state index contributed by atoms with van der Waals surface area (Å²) >= 11 is 0. The number of rotatable bonds is 6. The first kappa shape index (κ1) is 19.0. The molecule has 0 amide bonds. The molecule has 0 radical (unpaired) electrons. The zero-order valence-corrected chi connectivity index (χ0v) is 16.3. The molecule has 24 heavy (non-hydrogen) atoms. The van der Waals surface area contributed by atoms with Gasteiger partial charge in [-0.1, -0.05) is 6.42 Å². The molecule has 2 aliphatic rings. The largest absolute Gasteiger partial charge is 0.465 e. The van der Waals surface area contributed by atoms with E-state index in [0.29, 0.717) is 24.0 Å². The van der Waals surface area contributed by atoms with Crippen molar-refractivity contribution in [2.24, 2.45) is 16.6 Å². The Morgan fingerprint density at radius 1 is 1.38 bits per heavy atom. The fourth-order valence-corrected chi connectivity index (χ4v) is 2.72. The lowest BCUT2D eigenvalue weighted by atomic mass is 9.85. The number of halogens is 1. The Balaban J connectivity index is 0.00000208. The van der Waals surface area contributed by atoms with Gasteiger partial charge in [0.05, 0.1) is 30.6 Å². The van der Waals surface area contributed by atoms with Crippen LogP contribution in [0, 0.1) is 5.92 Å². The van der Waals surface area contributed by atoms with E-state index in [9.17, 15) is 4.79 Å². The molecule has 2 fully saturated rings. The minimum absolute atomic E-state index is 0. The van der Waals surface area contributed by atoms with Crippen LogP contribution in [0.15, 0.2) is 17.1 Å². The van der Waals surface area contributed by atoms with E-state index >= 15 is 0 Å². The average molecular weight is 444 g/mol. The van der Waals surface area contributed by atoms with Crippen molar-refractivity contribution in [1.29, 1.82) is 0 Å². The second-order valence-corrected chi connectivity index (χ2v) is 6.38. The zero-order valence-electron chi connectivity index (χ0n) is 14.0. The molecule has 1 aromatic heterocycles. The number of aromatic nitrogens is 1. The van der Waals surface area contributed by atoms with Crippen molar-refractivity contribution in [1.82, 2.24) is 10.3 Å². The van der Waals surface area contributed by atoms with Gasteiger partial charge >= 0.3 is 5.97 Å². The summed E-state index contributed by atoms with van der Waals surface area (Å²) < 4.78 is 4.83. The number of carbonyl (C=O) groups excluding carboxylic acids is 1. The predicted octanol–water partition coefficient (Wildman–Crippen LogP) is 2.57. The number of esters is 1. The number of pyridine rings is 1. The van der Waals surface area contributed by atoms with Gasteiger partial charge in [0.25, 0.3) is 0 Å². The molecule has 0 spiro atoms. The Labute approximate surface area is 159 Å². The smallest absolute Gasteiger partial charge is 0.339 e. The van der Waals surface area contributed by atoms with Gasteiger partial charge in [-0.05, 0) is 43.7 Å². The fourth-order valence-electron chi connectivity index (χ4n) is 2.72. The summed E-state index contributed by atoms with van der Waals surface area (Å²) in [5.74, 6) is 1.25. The number of nitrogens with two attached hydrogens (primary N) is 1. The lowest BCUT2D eigenvalue weighted by Gasteiger charge is -2.25. The molecular formula is C17H25IN4O2. The van der Waals surface area contributed by atoms with Gasteiger partial charge in [-0.25, -0.2) is 9.79 Å². The van der Waals surface area contributed by atoms with Gasteiger partial charge in [0, 0.05) is 12.5 Å². The maximum Gasteiger partial charge on any atom is 0.339 e. The van der Waals surface area contributed by atoms with Crippen LogP contribution in [0.2, 0.25) is 0 Å². The first-order valence-electron chi connectivity index (χ1n) is 8.29. The normalized spacial score (nSPS) is 17.6. The minimum Gasteiger partial charge on any atom is -0.465 e. The van der Waals surface area contributed by atoms with Crippen molar-refractivity contribution in [3.8, 4) is 0 Å². The molecule has 0 aromatic carbocycles. The highest BCUT2D eigenvalue weighted by Gasteiger charge is 2.30. The Morgan fingerprint density at radius 2 is 2.12 bits per heavy atom. The highest BCUT2D eigenvalue weighted by molar-refractivity contribution is 14.0. The molecule has 1 aromatic rings. The maximum atomic E-state index is 11.8. The number of guanidine groups is 1. The van der Waals surface area contributed by atoms with Crippen LogP contribution in [-0.2, 0) is 11.3 Å². The molecule has 0 atom stereocenters. The number of carbonyl (C=O) groups is 1. The van der Waals surface area contributed by atoms with Gasteiger partial charge in [-0.2, -0.15) is 0 Å². The average Bonchev–Trinajstić information content (AvgIpc) is 3.35. The van der Waals surface area contributed by atoms with Crippen molar-refractivity contribution in [3.63, 3.8) is 0 Å². The maximum absolute atomic E-state index is 11.8. The number of methoxy groups -OCH3 is 1. The van der Waals surface area contributed by atoms with E-state index in [0.717, 1.165) is 36.7 Å². The molecule has 0 unspecified atom stereocenters. The van der Waals surface area contributed by atoms with Gasteiger partial charge in [-0.15, -0.1) is 24.0 Å². The Bertz CT molecular complexity index is 613. The van der Waals surface area contributed by atoms with E-state index in [4.69, 9.17) is 10.5 Å². The lowest BCUT2D eigenvalue weighted by molar-refractivity contribution is 0.0598. The quantitative estimate of drug-likeness (QED) is 0.305. The summed E-state index contributed by atoms with van der Waals surface area (Å²) in [7, 11) is 1.39. The highest BCUT2D eigenvalue weighted by Crippen LogP contribution is 2.40. The van der Waals surface area contributed by atoms with Gasteiger partial charge in [0.1, 0.15) is 0 Å². The predicted molar refractivity (Wildman–Crippen MR) is 104 cm³/mol. The topological polar surface area (TPSA) is 89.6 Å². The molecule has 0 saturated heterocycles. The van der Waals surface area contributed by atoms with E-state index in [2.05, 4.69) is 15.3 Å². The molecule has 2 aliphatic carbocycles. The van der Waals surface area contributed by atoms with Crippen molar-refractivity contribution in [2.45, 2.75) is 44.6 Å². The fraction of sp³-hybridized carbons (Fsp3) is 0.588. The van der Waals surface area contributed by atoms with Crippen LogP contribution in [0.3, 0.4) is 0 Å². The third-order valence-corrected chi connectivity index (χ3v) is 4.56. The Morgan fingerprint density at radius 3 is 2.71 bits per heavy atom. The number of nitrogens with zero attached hydrogens (tertiary/aromatic N) is 2. The zero-order chi connectivity index (χ0) is 16.2. The molecule has 1 heterocycles. The van der Waals surface area contributed by atoms with Gasteiger partial charge in [0.2, 0.25) is 0 Å². The Hall–Kier alpha value is -1.38. The molecule has 2 saturated carbocycles. The molecule has 132 valence electrons. The van der Waals surface area contributed by atoms with Crippen LogP contribution < -0.4 is 11.1 Å². The molecule has 7 heteroatoms. The summed E-state index contributed by atoms with van der Waals surface area (Å²) in [5, 5.41) is 3.17.